The lowest BCUT2D eigenvalue weighted by Crippen LogP contribution is -2.47. The Morgan fingerprint density at radius 2 is 1.72 bits per heavy atom. The fourth-order valence-electron chi connectivity index (χ4n) is 4.74. The zero-order valence-corrected chi connectivity index (χ0v) is 21.4. The standard InChI is InChI=1S/C30H35N3O3/c1-4-5-18-31-29(35)22(3)33(20-23-16-14-21(2)15-17-23)27(34)13-8-19-32-26-12-7-10-24-9-6-11-25(28(24)26)30(32)36/h6-7,9-12,14-17,22H,4-5,8,13,18-20H2,1-3H3,(H,31,35). The summed E-state index contributed by atoms with van der Waals surface area (Å²) < 4.78 is 0. The molecule has 1 aliphatic heterocycles. The van der Waals surface area contributed by atoms with Crippen molar-refractivity contribution >= 4 is 34.2 Å². The first kappa shape index (κ1) is 25.4. The number of hydrogen-bond acceptors (Lipinski definition) is 3. The van der Waals surface area contributed by atoms with Gasteiger partial charge in [0.15, 0.2) is 0 Å². The molecule has 0 aliphatic carbocycles. The van der Waals surface area contributed by atoms with Gasteiger partial charge in [-0.15, -0.1) is 0 Å². The minimum atomic E-state index is -0.581. The van der Waals surface area contributed by atoms with Crippen LogP contribution >= 0.6 is 0 Å². The average molecular weight is 486 g/mol. The van der Waals surface area contributed by atoms with E-state index in [0.717, 1.165) is 40.4 Å². The average Bonchev–Trinajstić information content (AvgIpc) is 3.16. The lowest BCUT2D eigenvalue weighted by atomic mass is 10.1. The van der Waals surface area contributed by atoms with Gasteiger partial charge in [0.05, 0.1) is 5.69 Å². The van der Waals surface area contributed by atoms with E-state index < -0.39 is 6.04 Å². The van der Waals surface area contributed by atoms with Crippen molar-refractivity contribution < 1.29 is 14.4 Å². The summed E-state index contributed by atoms with van der Waals surface area (Å²) in [6, 6.07) is 19.2. The maximum atomic E-state index is 13.4. The van der Waals surface area contributed by atoms with Crippen molar-refractivity contribution in [3.63, 3.8) is 0 Å². The summed E-state index contributed by atoms with van der Waals surface area (Å²) in [5.74, 6) is -0.244. The second-order valence-corrected chi connectivity index (χ2v) is 9.57. The Bertz CT molecular complexity index is 1250. The number of unbranched alkanes of at least 4 members (excludes halogenated alkanes) is 1. The lowest BCUT2D eigenvalue weighted by molar-refractivity contribution is -0.140. The van der Waals surface area contributed by atoms with Crippen molar-refractivity contribution in [3.8, 4) is 0 Å². The summed E-state index contributed by atoms with van der Waals surface area (Å²) in [4.78, 5) is 42.7. The molecule has 4 rings (SSSR count). The monoisotopic (exact) mass is 485 g/mol. The normalized spacial score (nSPS) is 13.2. The Kier molecular flexibility index (Phi) is 8.04. The predicted molar refractivity (Wildman–Crippen MR) is 144 cm³/mol. The molecule has 0 radical (unpaired) electrons. The fourth-order valence-corrected chi connectivity index (χ4v) is 4.74. The summed E-state index contributed by atoms with van der Waals surface area (Å²) in [7, 11) is 0. The van der Waals surface area contributed by atoms with E-state index in [-0.39, 0.29) is 24.1 Å². The molecule has 3 amide bonds. The molecular formula is C30H35N3O3. The molecule has 0 bridgehead atoms. The quantitative estimate of drug-likeness (QED) is 0.379. The topological polar surface area (TPSA) is 69.7 Å². The molecule has 0 fully saturated rings. The number of rotatable bonds is 11. The highest BCUT2D eigenvalue weighted by atomic mass is 16.2. The minimum Gasteiger partial charge on any atom is -0.354 e. The van der Waals surface area contributed by atoms with Crippen LogP contribution in [0.15, 0.2) is 60.7 Å². The number of anilines is 1. The molecule has 1 atom stereocenters. The van der Waals surface area contributed by atoms with E-state index in [4.69, 9.17) is 0 Å². The minimum absolute atomic E-state index is 0.0190. The van der Waals surface area contributed by atoms with Crippen molar-refractivity contribution in [1.29, 1.82) is 0 Å². The Labute approximate surface area is 213 Å². The zero-order valence-electron chi connectivity index (χ0n) is 21.4. The lowest BCUT2D eigenvalue weighted by Gasteiger charge is -2.29. The molecule has 36 heavy (non-hydrogen) atoms. The zero-order chi connectivity index (χ0) is 25.7. The number of aryl methyl sites for hydroxylation is 1. The van der Waals surface area contributed by atoms with Gasteiger partial charge in [0.2, 0.25) is 11.8 Å². The smallest absolute Gasteiger partial charge is 0.258 e. The molecule has 0 aromatic heterocycles. The first-order chi connectivity index (χ1) is 17.4. The highest BCUT2D eigenvalue weighted by Gasteiger charge is 2.30. The number of nitrogens with zero attached hydrogens (tertiary/aromatic N) is 2. The molecule has 3 aromatic carbocycles. The van der Waals surface area contributed by atoms with E-state index in [1.54, 1.807) is 16.7 Å². The van der Waals surface area contributed by atoms with E-state index in [9.17, 15) is 14.4 Å². The van der Waals surface area contributed by atoms with E-state index in [1.165, 1.54) is 0 Å². The molecule has 1 aliphatic rings. The van der Waals surface area contributed by atoms with Crippen LogP contribution in [0.5, 0.6) is 0 Å². The van der Waals surface area contributed by atoms with Crippen LogP contribution < -0.4 is 10.2 Å². The van der Waals surface area contributed by atoms with E-state index in [2.05, 4.69) is 12.2 Å². The van der Waals surface area contributed by atoms with Crippen molar-refractivity contribution in [1.82, 2.24) is 10.2 Å². The van der Waals surface area contributed by atoms with E-state index in [0.29, 0.717) is 31.6 Å². The fraction of sp³-hybridized carbons (Fsp3) is 0.367. The summed E-state index contributed by atoms with van der Waals surface area (Å²) in [6.45, 7) is 7.31. The van der Waals surface area contributed by atoms with Gasteiger partial charge in [-0.25, -0.2) is 0 Å². The van der Waals surface area contributed by atoms with Gasteiger partial charge in [-0.05, 0) is 49.8 Å². The van der Waals surface area contributed by atoms with Crippen LogP contribution in [-0.4, -0.2) is 41.8 Å². The largest absolute Gasteiger partial charge is 0.354 e. The molecule has 6 heteroatoms. The number of benzene rings is 3. The molecule has 0 spiro atoms. The third-order valence-electron chi connectivity index (χ3n) is 6.89. The Morgan fingerprint density at radius 1 is 1.00 bits per heavy atom. The molecule has 1 N–H and O–H groups in total. The first-order valence-electron chi connectivity index (χ1n) is 12.9. The molecular weight excluding hydrogens is 450 g/mol. The summed E-state index contributed by atoms with van der Waals surface area (Å²) in [5.41, 5.74) is 3.75. The third-order valence-corrected chi connectivity index (χ3v) is 6.89. The third kappa shape index (κ3) is 5.43. The van der Waals surface area contributed by atoms with Crippen LogP contribution in [0.1, 0.15) is 61.0 Å². The van der Waals surface area contributed by atoms with E-state index >= 15 is 0 Å². The summed E-state index contributed by atoms with van der Waals surface area (Å²) in [5, 5.41) is 4.98. The van der Waals surface area contributed by atoms with Crippen LogP contribution in [0.25, 0.3) is 10.8 Å². The maximum absolute atomic E-state index is 13.4. The molecule has 1 heterocycles. The van der Waals surface area contributed by atoms with Crippen LogP contribution in [0.2, 0.25) is 0 Å². The van der Waals surface area contributed by atoms with Gasteiger partial charge in [-0.2, -0.15) is 0 Å². The number of hydrogen-bond donors (Lipinski definition) is 1. The van der Waals surface area contributed by atoms with Gasteiger partial charge < -0.3 is 15.1 Å². The van der Waals surface area contributed by atoms with Crippen molar-refractivity contribution in [2.75, 3.05) is 18.0 Å². The second kappa shape index (κ2) is 11.4. The summed E-state index contributed by atoms with van der Waals surface area (Å²) in [6.07, 6.45) is 2.68. The number of carbonyl (C=O) groups excluding carboxylic acids is 3. The Hall–Kier alpha value is -3.67. The van der Waals surface area contributed by atoms with Crippen LogP contribution in [0.3, 0.4) is 0 Å². The van der Waals surface area contributed by atoms with Gasteiger partial charge in [0, 0.05) is 37.0 Å². The van der Waals surface area contributed by atoms with Crippen molar-refractivity contribution in [3.05, 3.63) is 77.4 Å². The van der Waals surface area contributed by atoms with E-state index in [1.807, 2.05) is 67.6 Å². The second-order valence-electron chi connectivity index (χ2n) is 9.57. The Balaban J connectivity index is 1.44. The van der Waals surface area contributed by atoms with Crippen LogP contribution in [-0.2, 0) is 16.1 Å². The van der Waals surface area contributed by atoms with Crippen molar-refractivity contribution in [2.24, 2.45) is 0 Å². The van der Waals surface area contributed by atoms with Gasteiger partial charge >= 0.3 is 0 Å². The van der Waals surface area contributed by atoms with Gasteiger partial charge in [0.25, 0.3) is 5.91 Å². The van der Waals surface area contributed by atoms with Crippen LogP contribution in [0, 0.1) is 6.92 Å². The molecule has 0 saturated carbocycles. The molecule has 188 valence electrons. The SMILES string of the molecule is CCCCNC(=O)C(C)N(Cc1ccc(C)cc1)C(=O)CCCN1C(=O)c2cccc3cccc1c23. The number of amides is 3. The summed E-state index contributed by atoms with van der Waals surface area (Å²) >= 11 is 0. The van der Waals surface area contributed by atoms with Gasteiger partial charge in [0.1, 0.15) is 6.04 Å². The highest BCUT2D eigenvalue weighted by molar-refractivity contribution is 6.25. The molecule has 3 aromatic rings. The van der Waals surface area contributed by atoms with Crippen LogP contribution in [0.4, 0.5) is 5.69 Å². The molecule has 6 nitrogen and oxygen atoms in total. The first-order valence-corrected chi connectivity index (χ1v) is 12.9. The number of carbonyl (C=O) groups is 3. The van der Waals surface area contributed by atoms with Gasteiger partial charge in [-0.1, -0.05) is 67.4 Å². The maximum Gasteiger partial charge on any atom is 0.258 e. The van der Waals surface area contributed by atoms with Gasteiger partial charge in [-0.3, -0.25) is 14.4 Å². The highest BCUT2D eigenvalue weighted by Crippen LogP contribution is 2.37. The molecule has 1 unspecified atom stereocenters. The number of nitrogens with one attached hydrogen (secondary N) is 1. The Morgan fingerprint density at radius 3 is 2.44 bits per heavy atom. The molecule has 0 saturated heterocycles. The van der Waals surface area contributed by atoms with Crippen molar-refractivity contribution in [2.45, 2.75) is 59.0 Å². The predicted octanol–water partition coefficient (Wildman–Crippen LogP) is 5.22.